The number of benzene rings is 1. The highest BCUT2D eigenvalue weighted by atomic mass is 16.3. The largest absolute Gasteiger partial charge is 0.396 e. The van der Waals surface area contributed by atoms with Crippen LogP contribution >= 0.6 is 0 Å². The van der Waals surface area contributed by atoms with Crippen LogP contribution in [0.2, 0.25) is 0 Å². The molecule has 0 saturated heterocycles. The van der Waals surface area contributed by atoms with E-state index in [0.717, 1.165) is 23.9 Å². The average molecular weight is 271 g/mol. The van der Waals surface area contributed by atoms with Crippen molar-refractivity contribution in [3.05, 3.63) is 30.5 Å². The van der Waals surface area contributed by atoms with E-state index < -0.39 is 0 Å². The van der Waals surface area contributed by atoms with Gasteiger partial charge in [0.05, 0.1) is 5.52 Å². The van der Waals surface area contributed by atoms with Crippen LogP contribution in [0.15, 0.2) is 30.5 Å². The number of nitrogens with zero attached hydrogens (tertiary/aromatic N) is 2. The molecule has 1 heterocycles. The summed E-state index contributed by atoms with van der Waals surface area (Å²) in [6.07, 6.45) is 6.69. The summed E-state index contributed by atoms with van der Waals surface area (Å²) in [6, 6.07) is 8.00. The van der Waals surface area contributed by atoms with Gasteiger partial charge in [0.2, 0.25) is 5.95 Å². The first-order valence-electron chi connectivity index (χ1n) is 7.43. The Kier molecular flexibility index (Phi) is 4.11. The Morgan fingerprint density at radius 1 is 1.15 bits per heavy atom. The summed E-state index contributed by atoms with van der Waals surface area (Å²) < 4.78 is 0. The highest BCUT2D eigenvalue weighted by Crippen LogP contribution is 2.29. The van der Waals surface area contributed by atoms with Crippen molar-refractivity contribution < 1.29 is 5.11 Å². The van der Waals surface area contributed by atoms with Gasteiger partial charge in [-0.15, -0.1) is 0 Å². The lowest BCUT2D eigenvalue weighted by Crippen LogP contribution is -2.29. The molecule has 1 fully saturated rings. The summed E-state index contributed by atoms with van der Waals surface area (Å²) in [4.78, 5) is 8.88. The quantitative estimate of drug-likeness (QED) is 0.897. The third-order valence-electron chi connectivity index (χ3n) is 4.31. The maximum Gasteiger partial charge on any atom is 0.223 e. The Morgan fingerprint density at radius 3 is 2.80 bits per heavy atom. The number of aromatic nitrogens is 2. The number of hydrogen-bond acceptors (Lipinski definition) is 4. The van der Waals surface area contributed by atoms with Gasteiger partial charge in [-0.05, 0) is 30.7 Å². The molecule has 2 unspecified atom stereocenters. The maximum absolute atomic E-state index is 9.44. The van der Waals surface area contributed by atoms with Gasteiger partial charge in [-0.2, -0.15) is 0 Å². The summed E-state index contributed by atoms with van der Waals surface area (Å²) >= 11 is 0. The standard InChI is InChI=1S/C16H21N3O/c20-11-14-7-2-1-5-12(14)9-17-16-18-10-13-6-3-4-8-15(13)19-16/h3-4,6,8,10,12,14,20H,1-2,5,7,9,11H2,(H,17,18,19). The van der Waals surface area contributed by atoms with Crippen molar-refractivity contribution in [2.45, 2.75) is 25.7 Å². The topological polar surface area (TPSA) is 58.0 Å². The van der Waals surface area contributed by atoms with Crippen molar-refractivity contribution in [2.24, 2.45) is 11.8 Å². The lowest BCUT2D eigenvalue weighted by molar-refractivity contribution is 0.141. The van der Waals surface area contributed by atoms with E-state index in [4.69, 9.17) is 0 Å². The van der Waals surface area contributed by atoms with Crippen LogP contribution in [0.25, 0.3) is 10.9 Å². The first-order valence-corrected chi connectivity index (χ1v) is 7.43. The Balaban J connectivity index is 1.67. The fraction of sp³-hybridized carbons (Fsp3) is 0.500. The summed E-state index contributed by atoms with van der Waals surface area (Å²) in [7, 11) is 0. The van der Waals surface area contributed by atoms with E-state index >= 15 is 0 Å². The molecule has 0 aliphatic heterocycles. The number of aliphatic hydroxyl groups excluding tert-OH is 1. The van der Waals surface area contributed by atoms with E-state index in [2.05, 4.69) is 15.3 Å². The average Bonchev–Trinajstić information content (AvgIpc) is 2.53. The van der Waals surface area contributed by atoms with E-state index in [-0.39, 0.29) is 0 Å². The minimum absolute atomic E-state index is 0.297. The molecular formula is C16H21N3O. The van der Waals surface area contributed by atoms with Crippen molar-refractivity contribution >= 4 is 16.9 Å². The molecule has 1 aliphatic carbocycles. The molecule has 2 atom stereocenters. The second-order valence-electron chi connectivity index (χ2n) is 5.62. The van der Waals surface area contributed by atoms with Crippen LogP contribution in [0.5, 0.6) is 0 Å². The van der Waals surface area contributed by atoms with Gasteiger partial charge in [-0.1, -0.05) is 31.0 Å². The molecular weight excluding hydrogens is 250 g/mol. The van der Waals surface area contributed by atoms with Crippen LogP contribution < -0.4 is 5.32 Å². The summed E-state index contributed by atoms with van der Waals surface area (Å²) in [5.74, 6) is 1.64. The maximum atomic E-state index is 9.44. The molecule has 0 radical (unpaired) electrons. The first-order chi connectivity index (χ1) is 9.86. The molecule has 0 spiro atoms. The molecule has 4 heteroatoms. The molecule has 1 saturated carbocycles. The van der Waals surface area contributed by atoms with E-state index in [0.29, 0.717) is 24.4 Å². The van der Waals surface area contributed by atoms with Gasteiger partial charge in [0.25, 0.3) is 0 Å². The van der Waals surface area contributed by atoms with E-state index in [1.54, 1.807) is 0 Å². The van der Waals surface area contributed by atoms with Gasteiger partial charge in [0.1, 0.15) is 0 Å². The number of aliphatic hydroxyl groups is 1. The minimum Gasteiger partial charge on any atom is -0.396 e. The zero-order valence-corrected chi connectivity index (χ0v) is 11.6. The SMILES string of the molecule is OCC1CCCCC1CNc1ncc2ccccc2n1. The molecule has 2 aromatic rings. The molecule has 20 heavy (non-hydrogen) atoms. The van der Waals surface area contributed by atoms with Crippen molar-refractivity contribution in [1.29, 1.82) is 0 Å². The molecule has 3 rings (SSSR count). The van der Waals surface area contributed by atoms with Gasteiger partial charge < -0.3 is 10.4 Å². The van der Waals surface area contributed by atoms with Crippen LogP contribution in [0, 0.1) is 11.8 Å². The van der Waals surface area contributed by atoms with Gasteiger partial charge in [0.15, 0.2) is 0 Å². The van der Waals surface area contributed by atoms with Crippen molar-refractivity contribution in [3.63, 3.8) is 0 Å². The zero-order valence-electron chi connectivity index (χ0n) is 11.6. The molecule has 0 amide bonds. The predicted octanol–water partition coefficient (Wildman–Crippen LogP) is 2.84. The fourth-order valence-electron chi connectivity index (χ4n) is 3.07. The Labute approximate surface area is 119 Å². The second-order valence-corrected chi connectivity index (χ2v) is 5.62. The second kappa shape index (κ2) is 6.18. The highest BCUT2D eigenvalue weighted by Gasteiger charge is 2.24. The van der Waals surface area contributed by atoms with E-state index in [9.17, 15) is 5.11 Å². The summed E-state index contributed by atoms with van der Waals surface area (Å²) in [5, 5.41) is 13.8. The fourth-order valence-corrected chi connectivity index (χ4v) is 3.07. The summed E-state index contributed by atoms with van der Waals surface area (Å²) in [6.45, 7) is 1.15. The van der Waals surface area contributed by atoms with E-state index in [1.807, 2.05) is 30.5 Å². The zero-order chi connectivity index (χ0) is 13.8. The molecule has 1 aliphatic rings. The van der Waals surface area contributed by atoms with Gasteiger partial charge >= 0.3 is 0 Å². The molecule has 2 N–H and O–H groups in total. The monoisotopic (exact) mass is 271 g/mol. The molecule has 106 valence electrons. The normalized spacial score (nSPS) is 22.9. The molecule has 1 aromatic heterocycles. The number of nitrogens with one attached hydrogen (secondary N) is 1. The van der Waals surface area contributed by atoms with Gasteiger partial charge in [0, 0.05) is 24.7 Å². The number of anilines is 1. The summed E-state index contributed by atoms with van der Waals surface area (Å²) in [5.41, 5.74) is 0.965. The third-order valence-corrected chi connectivity index (χ3v) is 4.31. The van der Waals surface area contributed by atoms with Crippen molar-refractivity contribution in [3.8, 4) is 0 Å². The Bertz CT molecular complexity index is 572. The lowest BCUT2D eigenvalue weighted by atomic mass is 9.80. The Hall–Kier alpha value is -1.68. The Morgan fingerprint density at radius 2 is 1.95 bits per heavy atom. The highest BCUT2D eigenvalue weighted by molar-refractivity contribution is 5.78. The van der Waals surface area contributed by atoms with Crippen LogP contribution in [0.3, 0.4) is 0 Å². The van der Waals surface area contributed by atoms with E-state index in [1.165, 1.54) is 19.3 Å². The van der Waals surface area contributed by atoms with Crippen LogP contribution in [0.4, 0.5) is 5.95 Å². The number of rotatable bonds is 4. The van der Waals surface area contributed by atoms with Gasteiger partial charge in [-0.25, -0.2) is 9.97 Å². The number of fused-ring (bicyclic) bond motifs is 1. The molecule has 0 bridgehead atoms. The number of hydrogen-bond donors (Lipinski definition) is 2. The van der Waals surface area contributed by atoms with Crippen LogP contribution in [-0.4, -0.2) is 28.2 Å². The van der Waals surface area contributed by atoms with Crippen LogP contribution in [-0.2, 0) is 0 Å². The predicted molar refractivity (Wildman–Crippen MR) is 80.6 cm³/mol. The molecule has 1 aromatic carbocycles. The van der Waals surface area contributed by atoms with Crippen molar-refractivity contribution in [1.82, 2.24) is 9.97 Å². The first kappa shape index (κ1) is 13.3. The minimum atomic E-state index is 0.297. The lowest BCUT2D eigenvalue weighted by Gasteiger charge is -2.30. The van der Waals surface area contributed by atoms with Gasteiger partial charge in [-0.3, -0.25) is 0 Å². The smallest absolute Gasteiger partial charge is 0.223 e. The number of para-hydroxylation sites is 1. The van der Waals surface area contributed by atoms with Crippen molar-refractivity contribution in [2.75, 3.05) is 18.5 Å². The third kappa shape index (κ3) is 2.90. The van der Waals surface area contributed by atoms with Crippen LogP contribution in [0.1, 0.15) is 25.7 Å². The molecule has 4 nitrogen and oxygen atoms in total.